The van der Waals surface area contributed by atoms with Crippen molar-refractivity contribution in [1.29, 1.82) is 0 Å². The van der Waals surface area contributed by atoms with Crippen molar-refractivity contribution < 1.29 is 17.6 Å². The number of halogens is 1. The van der Waals surface area contributed by atoms with Crippen molar-refractivity contribution in [2.45, 2.75) is 36.1 Å². The van der Waals surface area contributed by atoms with Gasteiger partial charge in [0.15, 0.2) is 0 Å². The van der Waals surface area contributed by atoms with Gasteiger partial charge in [0.05, 0.1) is 17.0 Å². The highest BCUT2D eigenvalue weighted by Crippen LogP contribution is 2.39. The van der Waals surface area contributed by atoms with E-state index in [0.717, 1.165) is 31.2 Å². The van der Waals surface area contributed by atoms with Gasteiger partial charge in [-0.1, -0.05) is 37.0 Å². The lowest BCUT2D eigenvalue weighted by Gasteiger charge is -2.31. The summed E-state index contributed by atoms with van der Waals surface area (Å²) in [4.78, 5) is 12.9. The standard InChI is InChI=1S/C21H21FN2O3S/c1-2-14-23-28(26,27)19-7-5-6-16(15-19)20(25)24-21(12-3-4-13-21)17-8-10-18(22)11-9-17/h1,5-11,15,23H,3-4,12-14H2,(H,24,25). The van der Waals surface area contributed by atoms with E-state index in [9.17, 15) is 17.6 Å². The molecule has 2 aromatic rings. The molecule has 146 valence electrons. The van der Waals surface area contributed by atoms with Crippen molar-refractivity contribution in [3.63, 3.8) is 0 Å². The Balaban J connectivity index is 1.86. The fourth-order valence-corrected chi connectivity index (χ4v) is 4.53. The lowest BCUT2D eigenvalue weighted by molar-refractivity contribution is 0.0898. The zero-order valence-corrected chi connectivity index (χ0v) is 16.1. The van der Waals surface area contributed by atoms with Gasteiger partial charge in [-0.05, 0) is 48.7 Å². The molecule has 28 heavy (non-hydrogen) atoms. The molecule has 3 rings (SSSR count). The molecular weight excluding hydrogens is 379 g/mol. The zero-order chi connectivity index (χ0) is 20.2. The fraction of sp³-hybridized carbons (Fsp3) is 0.286. The number of amides is 1. The quantitative estimate of drug-likeness (QED) is 0.732. The maximum Gasteiger partial charge on any atom is 0.252 e. The Kier molecular flexibility index (Phi) is 5.82. The van der Waals surface area contributed by atoms with Crippen molar-refractivity contribution in [3.8, 4) is 12.3 Å². The summed E-state index contributed by atoms with van der Waals surface area (Å²) in [5.41, 5.74) is 0.498. The van der Waals surface area contributed by atoms with Gasteiger partial charge in [0.1, 0.15) is 5.82 Å². The second-order valence-electron chi connectivity index (χ2n) is 6.81. The molecule has 0 unspecified atom stereocenters. The SMILES string of the molecule is C#CCNS(=O)(=O)c1cccc(C(=O)NC2(c3ccc(F)cc3)CCCC2)c1. The van der Waals surface area contributed by atoms with E-state index >= 15 is 0 Å². The van der Waals surface area contributed by atoms with Crippen LogP contribution in [0.5, 0.6) is 0 Å². The van der Waals surface area contributed by atoms with Crippen LogP contribution in [-0.2, 0) is 15.6 Å². The molecule has 7 heteroatoms. The van der Waals surface area contributed by atoms with E-state index in [1.807, 2.05) is 0 Å². The fourth-order valence-electron chi connectivity index (χ4n) is 3.55. The minimum Gasteiger partial charge on any atom is -0.343 e. The highest BCUT2D eigenvalue weighted by molar-refractivity contribution is 7.89. The van der Waals surface area contributed by atoms with Crippen LogP contribution in [0.4, 0.5) is 4.39 Å². The Morgan fingerprint density at radius 3 is 2.46 bits per heavy atom. The third-order valence-electron chi connectivity index (χ3n) is 4.98. The monoisotopic (exact) mass is 400 g/mol. The molecule has 0 aliphatic heterocycles. The van der Waals surface area contributed by atoms with Crippen LogP contribution in [0, 0.1) is 18.2 Å². The van der Waals surface area contributed by atoms with Gasteiger partial charge in [0, 0.05) is 5.56 Å². The first kappa shape index (κ1) is 20.1. The van der Waals surface area contributed by atoms with Crippen molar-refractivity contribution >= 4 is 15.9 Å². The first-order chi connectivity index (χ1) is 13.4. The Bertz CT molecular complexity index is 1000. The predicted octanol–water partition coefficient (Wildman–Crippen LogP) is 2.94. The largest absolute Gasteiger partial charge is 0.343 e. The van der Waals surface area contributed by atoms with Crippen molar-refractivity contribution in [1.82, 2.24) is 10.0 Å². The smallest absolute Gasteiger partial charge is 0.252 e. The maximum atomic E-state index is 13.3. The van der Waals surface area contributed by atoms with Crippen molar-refractivity contribution in [2.24, 2.45) is 0 Å². The van der Waals surface area contributed by atoms with Gasteiger partial charge in [-0.3, -0.25) is 4.79 Å². The Labute approximate surface area is 164 Å². The second kappa shape index (κ2) is 8.13. The summed E-state index contributed by atoms with van der Waals surface area (Å²) in [5, 5.41) is 3.06. The summed E-state index contributed by atoms with van der Waals surface area (Å²) >= 11 is 0. The minimum atomic E-state index is -3.79. The number of carbonyl (C=O) groups excluding carboxylic acids is 1. The average molecular weight is 400 g/mol. The summed E-state index contributed by atoms with van der Waals surface area (Å²) < 4.78 is 40.1. The van der Waals surface area contributed by atoms with E-state index in [2.05, 4.69) is 16.0 Å². The minimum absolute atomic E-state index is 0.0299. The molecule has 0 heterocycles. The summed E-state index contributed by atoms with van der Waals surface area (Å²) in [6.07, 6.45) is 8.48. The Morgan fingerprint density at radius 1 is 1.14 bits per heavy atom. The molecule has 0 radical (unpaired) electrons. The molecule has 1 fully saturated rings. The molecule has 0 bridgehead atoms. The van der Waals surface area contributed by atoms with Gasteiger partial charge < -0.3 is 5.32 Å². The van der Waals surface area contributed by atoms with E-state index < -0.39 is 15.6 Å². The molecule has 0 atom stereocenters. The van der Waals surface area contributed by atoms with Crippen LogP contribution in [0.3, 0.4) is 0 Å². The van der Waals surface area contributed by atoms with Gasteiger partial charge in [0.2, 0.25) is 10.0 Å². The van der Waals surface area contributed by atoms with Crippen molar-refractivity contribution in [2.75, 3.05) is 6.54 Å². The topological polar surface area (TPSA) is 75.3 Å². The number of nitrogens with one attached hydrogen (secondary N) is 2. The molecule has 0 spiro atoms. The zero-order valence-electron chi connectivity index (χ0n) is 15.2. The molecule has 0 aromatic heterocycles. The number of hydrogen-bond acceptors (Lipinski definition) is 3. The summed E-state index contributed by atoms with van der Waals surface area (Å²) in [7, 11) is -3.79. The number of hydrogen-bond donors (Lipinski definition) is 2. The molecule has 1 aliphatic carbocycles. The maximum absolute atomic E-state index is 13.3. The number of rotatable bonds is 6. The van der Waals surface area contributed by atoms with Crippen LogP contribution in [-0.4, -0.2) is 20.9 Å². The third kappa shape index (κ3) is 4.24. The molecule has 5 nitrogen and oxygen atoms in total. The first-order valence-electron chi connectivity index (χ1n) is 8.98. The number of sulfonamides is 1. The summed E-state index contributed by atoms with van der Waals surface area (Å²) in [5.74, 6) is 1.50. The first-order valence-corrected chi connectivity index (χ1v) is 10.5. The average Bonchev–Trinajstić information content (AvgIpc) is 3.16. The molecule has 1 aliphatic rings. The summed E-state index contributed by atoms with van der Waals surface area (Å²) in [6, 6.07) is 11.9. The van der Waals surface area contributed by atoms with Gasteiger partial charge >= 0.3 is 0 Å². The number of benzene rings is 2. The van der Waals surface area contributed by atoms with Crippen LogP contribution in [0.15, 0.2) is 53.4 Å². The summed E-state index contributed by atoms with van der Waals surface area (Å²) in [6.45, 7) is -0.133. The Hall–Kier alpha value is -2.69. The second-order valence-corrected chi connectivity index (χ2v) is 8.57. The van der Waals surface area contributed by atoms with E-state index in [0.29, 0.717) is 0 Å². The van der Waals surface area contributed by atoms with Crippen molar-refractivity contribution in [3.05, 3.63) is 65.5 Å². The van der Waals surface area contributed by atoms with E-state index in [-0.39, 0.29) is 28.7 Å². The number of terminal acetylenes is 1. The van der Waals surface area contributed by atoms with Crippen LogP contribution < -0.4 is 10.0 Å². The van der Waals surface area contributed by atoms with Gasteiger partial charge in [0.25, 0.3) is 5.91 Å². The van der Waals surface area contributed by atoms with E-state index in [1.165, 1.54) is 30.3 Å². The van der Waals surface area contributed by atoms with Gasteiger partial charge in [-0.2, -0.15) is 4.72 Å². The predicted molar refractivity (Wildman–Crippen MR) is 104 cm³/mol. The molecule has 1 saturated carbocycles. The molecule has 2 aromatic carbocycles. The van der Waals surface area contributed by atoms with Crippen LogP contribution in [0.1, 0.15) is 41.6 Å². The molecule has 1 amide bonds. The van der Waals surface area contributed by atoms with E-state index in [4.69, 9.17) is 6.42 Å². The molecule has 2 N–H and O–H groups in total. The third-order valence-corrected chi connectivity index (χ3v) is 6.38. The number of carbonyl (C=O) groups is 1. The van der Waals surface area contributed by atoms with Crippen LogP contribution in [0.2, 0.25) is 0 Å². The normalized spacial score (nSPS) is 15.7. The lowest BCUT2D eigenvalue weighted by Crippen LogP contribution is -2.43. The van der Waals surface area contributed by atoms with Crippen LogP contribution >= 0.6 is 0 Å². The highest BCUT2D eigenvalue weighted by atomic mass is 32.2. The van der Waals surface area contributed by atoms with Gasteiger partial charge in [-0.15, -0.1) is 6.42 Å². The highest BCUT2D eigenvalue weighted by Gasteiger charge is 2.37. The van der Waals surface area contributed by atoms with Crippen LogP contribution in [0.25, 0.3) is 0 Å². The lowest BCUT2D eigenvalue weighted by atomic mass is 9.87. The molecular formula is C21H21FN2O3S. The van der Waals surface area contributed by atoms with Gasteiger partial charge in [-0.25, -0.2) is 12.8 Å². The Morgan fingerprint density at radius 2 is 1.82 bits per heavy atom. The molecule has 0 saturated heterocycles. The van der Waals surface area contributed by atoms with E-state index in [1.54, 1.807) is 18.2 Å².